The van der Waals surface area contributed by atoms with Crippen LogP contribution in [0.2, 0.25) is 0 Å². The Morgan fingerprint density at radius 2 is 2.41 bits per heavy atom. The molecule has 22 heavy (non-hydrogen) atoms. The average molecular weight is 323 g/mol. The highest BCUT2D eigenvalue weighted by atomic mass is 32.1. The lowest BCUT2D eigenvalue weighted by molar-refractivity contribution is -0.00369. The van der Waals surface area contributed by atoms with Gasteiger partial charge in [-0.15, -0.1) is 11.3 Å². The van der Waals surface area contributed by atoms with Crippen LogP contribution in [0.5, 0.6) is 0 Å². The van der Waals surface area contributed by atoms with Crippen LogP contribution in [-0.2, 0) is 17.7 Å². The van der Waals surface area contributed by atoms with Gasteiger partial charge in [0.25, 0.3) is 0 Å². The molecule has 2 aliphatic rings. The van der Waals surface area contributed by atoms with Gasteiger partial charge in [-0.3, -0.25) is 4.90 Å². The number of nitrogens with zero attached hydrogens (tertiary/aromatic N) is 2. The van der Waals surface area contributed by atoms with Crippen molar-refractivity contribution in [2.45, 2.75) is 39.0 Å². The molecule has 0 unspecified atom stereocenters. The standard InChI is InChI=1S/C16H25N3O2S/c1-12(18-5-3-15-14(11-18)4-8-22-15)9-17-16(20)19-6-7-21-13(2)10-19/h4,8,12-13H,3,5-7,9-11H2,1-2H3,(H,17,20)/t12-,13-/m0/s1. The summed E-state index contributed by atoms with van der Waals surface area (Å²) in [6, 6.07) is 2.62. The predicted octanol–water partition coefficient (Wildman–Crippen LogP) is 1.92. The molecule has 0 spiro atoms. The minimum Gasteiger partial charge on any atom is -0.375 e. The van der Waals surface area contributed by atoms with Gasteiger partial charge in [0.05, 0.1) is 12.7 Å². The first-order chi connectivity index (χ1) is 10.6. The second-order valence-corrected chi connectivity index (χ2v) is 7.25. The first kappa shape index (κ1) is 15.8. The van der Waals surface area contributed by atoms with E-state index in [1.807, 2.05) is 23.2 Å². The molecule has 2 aliphatic heterocycles. The number of hydrogen-bond acceptors (Lipinski definition) is 4. The van der Waals surface area contributed by atoms with E-state index in [-0.39, 0.29) is 12.1 Å². The number of carbonyl (C=O) groups is 1. The maximum absolute atomic E-state index is 12.2. The molecule has 3 rings (SSSR count). The molecule has 3 heterocycles. The number of amides is 2. The van der Waals surface area contributed by atoms with Crippen LogP contribution in [-0.4, -0.2) is 60.8 Å². The lowest BCUT2D eigenvalue weighted by Crippen LogP contribution is -2.51. The lowest BCUT2D eigenvalue weighted by Gasteiger charge is -2.34. The summed E-state index contributed by atoms with van der Waals surface area (Å²) in [6.07, 6.45) is 1.27. The molecule has 0 aliphatic carbocycles. The third kappa shape index (κ3) is 3.62. The smallest absolute Gasteiger partial charge is 0.317 e. The van der Waals surface area contributed by atoms with E-state index in [1.165, 1.54) is 10.4 Å². The van der Waals surface area contributed by atoms with Crippen molar-refractivity contribution in [3.8, 4) is 0 Å². The van der Waals surface area contributed by atoms with Crippen LogP contribution >= 0.6 is 11.3 Å². The summed E-state index contributed by atoms with van der Waals surface area (Å²) in [4.78, 5) is 18.1. The van der Waals surface area contributed by atoms with Crippen LogP contribution in [0.15, 0.2) is 11.4 Å². The monoisotopic (exact) mass is 323 g/mol. The van der Waals surface area contributed by atoms with Gasteiger partial charge in [0.2, 0.25) is 0 Å². The highest BCUT2D eigenvalue weighted by Gasteiger charge is 2.24. The highest BCUT2D eigenvalue weighted by Crippen LogP contribution is 2.24. The van der Waals surface area contributed by atoms with Crippen molar-refractivity contribution in [1.29, 1.82) is 0 Å². The summed E-state index contributed by atoms with van der Waals surface area (Å²) in [7, 11) is 0. The molecule has 0 saturated carbocycles. The van der Waals surface area contributed by atoms with Gasteiger partial charge in [0.1, 0.15) is 0 Å². The number of rotatable bonds is 3. The molecule has 1 aromatic rings. The van der Waals surface area contributed by atoms with Gasteiger partial charge in [0, 0.05) is 43.6 Å². The van der Waals surface area contributed by atoms with E-state index in [2.05, 4.69) is 28.6 Å². The van der Waals surface area contributed by atoms with Crippen molar-refractivity contribution in [1.82, 2.24) is 15.1 Å². The van der Waals surface area contributed by atoms with E-state index in [4.69, 9.17) is 4.74 Å². The Morgan fingerprint density at radius 3 is 3.23 bits per heavy atom. The van der Waals surface area contributed by atoms with E-state index >= 15 is 0 Å². The quantitative estimate of drug-likeness (QED) is 0.924. The third-order valence-electron chi connectivity index (χ3n) is 4.54. The van der Waals surface area contributed by atoms with E-state index in [0.29, 0.717) is 32.3 Å². The van der Waals surface area contributed by atoms with Crippen LogP contribution in [0.1, 0.15) is 24.3 Å². The topological polar surface area (TPSA) is 44.8 Å². The fraction of sp³-hybridized carbons (Fsp3) is 0.688. The summed E-state index contributed by atoms with van der Waals surface area (Å²) in [5, 5.41) is 5.26. The van der Waals surface area contributed by atoms with Crippen molar-refractivity contribution in [3.63, 3.8) is 0 Å². The summed E-state index contributed by atoms with van der Waals surface area (Å²) in [5.41, 5.74) is 1.46. The summed E-state index contributed by atoms with van der Waals surface area (Å²) < 4.78 is 5.48. The Balaban J connectivity index is 1.46. The molecule has 1 fully saturated rings. The zero-order valence-electron chi connectivity index (χ0n) is 13.4. The normalized spacial score (nSPS) is 23.9. The fourth-order valence-corrected chi connectivity index (χ4v) is 4.02. The number of carbonyl (C=O) groups excluding carboxylic acids is 1. The molecule has 1 aromatic heterocycles. The predicted molar refractivity (Wildman–Crippen MR) is 88.3 cm³/mol. The number of nitrogens with one attached hydrogen (secondary N) is 1. The minimum absolute atomic E-state index is 0.0373. The van der Waals surface area contributed by atoms with Crippen molar-refractivity contribution in [2.24, 2.45) is 0 Å². The molecule has 1 N–H and O–H groups in total. The van der Waals surface area contributed by atoms with Gasteiger partial charge in [0.15, 0.2) is 0 Å². The fourth-order valence-electron chi connectivity index (χ4n) is 3.13. The minimum atomic E-state index is 0.0373. The van der Waals surface area contributed by atoms with Crippen molar-refractivity contribution < 1.29 is 9.53 Å². The van der Waals surface area contributed by atoms with Crippen LogP contribution in [0.4, 0.5) is 4.79 Å². The van der Waals surface area contributed by atoms with Gasteiger partial charge in [-0.25, -0.2) is 4.79 Å². The van der Waals surface area contributed by atoms with E-state index < -0.39 is 0 Å². The second kappa shape index (κ2) is 6.98. The molecule has 0 radical (unpaired) electrons. The molecule has 0 bridgehead atoms. The Morgan fingerprint density at radius 1 is 1.55 bits per heavy atom. The maximum Gasteiger partial charge on any atom is 0.317 e. The second-order valence-electron chi connectivity index (χ2n) is 6.25. The van der Waals surface area contributed by atoms with Gasteiger partial charge in [-0.05, 0) is 37.3 Å². The maximum atomic E-state index is 12.2. The van der Waals surface area contributed by atoms with Crippen LogP contribution in [0.25, 0.3) is 0 Å². The molecule has 122 valence electrons. The van der Waals surface area contributed by atoms with Crippen LogP contribution in [0.3, 0.4) is 0 Å². The average Bonchev–Trinajstić information content (AvgIpc) is 2.99. The van der Waals surface area contributed by atoms with Crippen LogP contribution in [0, 0.1) is 0 Å². The van der Waals surface area contributed by atoms with Crippen molar-refractivity contribution in [3.05, 3.63) is 21.9 Å². The van der Waals surface area contributed by atoms with E-state index in [9.17, 15) is 4.79 Å². The summed E-state index contributed by atoms with van der Waals surface area (Å²) >= 11 is 1.86. The van der Waals surface area contributed by atoms with Gasteiger partial charge in [-0.2, -0.15) is 0 Å². The summed E-state index contributed by atoms with van der Waals surface area (Å²) in [5.74, 6) is 0. The molecule has 1 saturated heterocycles. The number of thiophene rings is 1. The molecule has 5 nitrogen and oxygen atoms in total. The molecular formula is C16H25N3O2S. The highest BCUT2D eigenvalue weighted by molar-refractivity contribution is 7.10. The van der Waals surface area contributed by atoms with Crippen LogP contribution < -0.4 is 5.32 Å². The lowest BCUT2D eigenvalue weighted by atomic mass is 10.1. The Labute approximate surface area is 136 Å². The van der Waals surface area contributed by atoms with Gasteiger partial charge >= 0.3 is 6.03 Å². The first-order valence-electron chi connectivity index (χ1n) is 8.07. The number of urea groups is 1. The zero-order valence-corrected chi connectivity index (χ0v) is 14.2. The van der Waals surface area contributed by atoms with Gasteiger partial charge < -0.3 is 15.0 Å². The Kier molecular flexibility index (Phi) is 5.00. The molecule has 0 aromatic carbocycles. The molecule has 2 amide bonds. The van der Waals surface area contributed by atoms with Crippen molar-refractivity contribution >= 4 is 17.4 Å². The summed E-state index contributed by atoms with van der Waals surface area (Å²) in [6.45, 7) is 8.99. The van der Waals surface area contributed by atoms with E-state index in [0.717, 1.165) is 19.5 Å². The number of ether oxygens (including phenoxy) is 1. The largest absolute Gasteiger partial charge is 0.375 e. The van der Waals surface area contributed by atoms with Gasteiger partial charge in [-0.1, -0.05) is 0 Å². The van der Waals surface area contributed by atoms with Crippen molar-refractivity contribution in [2.75, 3.05) is 32.8 Å². The Bertz CT molecular complexity index is 519. The first-order valence-corrected chi connectivity index (χ1v) is 8.95. The Hall–Kier alpha value is -1.11. The number of hydrogen-bond donors (Lipinski definition) is 1. The van der Waals surface area contributed by atoms with E-state index in [1.54, 1.807) is 0 Å². The number of fused-ring (bicyclic) bond motifs is 1. The SMILES string of the molecule is C[C@H]1CN(C(=O)NC[C@H](C)N2CCc3sccc3C2)CCO1. The zero-order chi connectivity index (χ0) is 15.5. The molecule has 2 atom stereocenters. The molecular weight excluding hydrogens is 298 g/mol. The molecule has 6 heteroatoms. The number of morpholine rings is 1. The third-order valence-corrected chi connectivity index (χ3v) is 5.56.